The van der Waals surface area contributed by atoms with Gasteiger partial charge >= 0.3 is 5.97 Å². The Labute approximate surface area is 106 Å². The number of carbonyl (C=O) groups is 2. The molecule has 0 radical (unpaired) electrons. The van der Waals surface area contributed by atoms with E-state index in [2.05, 4.69) is 5.32 Å². The number of hydrogen-bond acceptors (Lipinski definition) is 3. The lowest BCUT2D eigenvalue weighted by atomic mass is 9.81. The lowest BCUT2D eigenvalue weighted by molar-refractivity contribution is -0.150. The van der Waals surface area contributed by atoms with E-state index in [-0.39, 0.29) is 23.7 Å². The average Bonchev–Trinajstić information content (AvgIpc) is 2.40. The summed E-state index contributed by atoms with van der Waals surface area (Å²) in [6, 6.07) is 9.67. The van der Waals surface area contributed by atoms with Crippen molar-refractivity contribution < 1.29 is 14.3 Å². The SMILES string of the molecule is CCOC(=O)[C@@H]1CNC(=O)C[C@H]1c1ccccc1. The van der Waals surface area contributed by atoms with Crippen LogP contribution in [0, 0.1) is 5.92 Å². The molecule has 1 N–H and O–H groups in total. The first-order valence-electron chi connectivity index (χ1n) is 6.20. The Morgan fingerprint density at radius 1 is 1.39 bits per heavy atom. The van der Waals surface area contributed by atoms with Crippen LogP contribution in [0.15, 0.2) is 30.3 Å². The minimum absolute atomic E-state index is 0.00981. The summed E-state index contributed by atoms with van der Waals surface area (Å²) < 4.78 is 5.08. The Kier molecular flexibility index (Phi) is 3.97. The van der Waals surface area contributed by atoms with Gasteiger partial charge in [-0.2, -0.15) is 0 Å². The van der Waals surface area contributed by atoms with Crippen molar-refractivity contribution in [1.82, 2.24) is 5.32 Å². The van der Waals surface area contributed by atoms with Crippen molar-refractivity contribution in [2.24, 2.45) is 5.92 Å². The van der Waals surface area contributed by atoms with Crippen LogP contribution in [0.25, 0.3) is 0 Å². The molecule has 1 fully saturated rings. The molecule has 2 atom stereocenters. The largest absolute Gasteiger partial charge is 0.466 e. The number of ether oxygens (including phenoxy) is 1. The Balaban J connectivity index is 2.21. The number of benzene rings is 1. The maximum Gasteiger partial charge on any atom is 0.311 e. The Morgan fingerprint density at radius 2 is 2.11 bits per heavy atom. The van der Waals surface area contributed by atoms with Crippen LogP contribution in [0.5, 0.6) is 0 Å². The van der Waals surface area contributed by atoms with Crippen molar-refractivity contribution in [3.05, 3.63) is 35.9 Å². The third kappa shape index (κ3) is 2.70. The van der Waals surface area contributed by atoms with E-state index in [9.17, 15) is 9.59 Å². The molecule has 0 bridgehead atoms. The van der Waals surface area contributed by atoms with Gasteiger partial charge < -0.3 is 10.1 Å². The lowest BCUT2D eigenvalue weighted by Gasteiger charge is -2.30. The number of piperidine rings is 1. The Morgan fingerprint density at radius 3 is 2.78 bits per heavy atom. The number of hydrogen-bond donors (Lipinski definition) is 1. The molecule has 0 aliphatic carbocycles. The highest BCUT2D eigenvalue weighted by molar-refractivity contribution is 5.83. The van der Waals surface area contributed by atoms with Crippen LogP contribution in [0.2, 0.25) is 0 Å². The van der Waals surface area contributed by atoms with Gasteiger partial charge in [0.25, 0.3) is 0 Å². The van der Waals surface area contributed by atoms with E-state index in [0.29, 0.717) is 19.6 Å². The van der Waals surface area contributed by atoms with Crippen molar-refractivity contribution in [3.8, 4) is 0 Å². The molecular weight excluding hydrogens is 230 g/mol. The highest BCUT2D eigenvalue weighted by Gasteiger charge is 2.36. The van der Waals surface area contributed by atoms with Crippen molar-refractivity contribution in [2.45, 2.75) is 19.3 Å². The fraction of sp³-hybridized carbons (Fsp3) is 0.429. The lowest BCUT2D eigenvalue weighted by Crippen LogP contribution is -2.43. The third-order valence-electron chi connectivity index (χ3n) is 3.23. The molecule has 0 unspecified atom stereocenters. The van der Waals surface area contributed by atoms with Gasteiger partial charge in [0.2, 0.25) is 5.91 Å². The molecule has 0 saturated carbocycles. The molecular formula is C14H17NO3. The van der Waals surface area contributed by atoms with Crippen LogP contribution >= 0.6 is 0 Å². The van der Waals surface area contributed by atoms with Crippen LogP contribution < -0.4 is 5.32 Å². The Bertz CT molecular complexity index is 430. The second-order valence-corrected chi connectivity index (χ2v) is 4.38. The zero-order valence-corrected chi connectivity index (χ0v) is 10.4. The van der Waals surface area contributed by atoms with Crippen molar-refractivity contribution >= 4 is 11.9 Å². The zero-order valence-electron chi connectivity index (χ0n) is 10.4. The van der Waals surface area contributed by atoms with Crippen LogP contribution in [0.4, 0.5) is 0 Å². The monoisotopic (exact) mass is 247 g/mol. The van der Waals surface area contributed by atoms with Gasteiger partial charge in [-0.05, 0) is 12.5 Å². The summed E-state index contributed by atoms with van der Waals surface area (Å²) in [6.45, 7) is 2.51. The van der Waals surface area contributed by atoms with E-state index >= 15 is 0 Å². The first-order valence-corrected chi connectivity index (χ1v) is 6.20. The van der Waals surface area contributed by atoms with Crippen LogP contribution in [0.3, 0.4) is 0 Å². The fourth-order valence-corrected chi connectivity index (χ4v) is 2.33. The van der Waals surface area contributed by atoms with E-state index in [1.54, 1.807) is 6.92 Å². The van der Waals surface area contributed by atoms with Gasteiger partial charge in [0.1, 0.15) is 0 Å². The first kappa shape index (κ1) is 12.6. The molecule has 4 nitrogen and oxygen atoms in total. The van der Waals surface area contributed by atoms with Crippen molar-refractivity contribution in [2.75, 3.05) is 13.2 Å². The predicted octanol–water partition coefficient (Wildman–Crippen LogP) is 1.47. The topological polar surface area (TPSA) is 55.4 Å². The number of nitrogens with one attached hydrogen (secondary N) is 1. The van der Waals surface area contributed by atoms with Gasteiger partial charge in [-0.15, -0.1) is 0 Å². The second-order valence-electron chi connectivity index (χ2n) is 4.38. The summed E-state index contributed by atoms with van der Waals surface area (Å²) >= 11 is 0. The first-order chi connectivity index (χ1) is 8.72. The van der Waals surface area contributed by atoms with Crippen LogP contribution in [-0.2, 0) is 14.3 Å². The molecule has 1 aliphatic heterocycles. The quantitative estimate of drug-likeness (QED) is 0.823. The number of esters is 1. The van der Waals surface area contributed by atoms with E-state index in [1.807, 2.05) is 30.3 Å². The number of rotatable bonds is 3. The van der Waals surface area contributed by atoms with Crippen LogP contribution in [-0.4, -0.2) is 25.0 Å². The molecule has 96 valence electrons. The summed E-state index contributed by atoms with van der Waals surface area (Å²) in [5, 5.41) is 2.73. The van der Waals surface area contributed by atoms with Gasteiger partial charge in [0, 0.05) is 18.9 Å². The molecule has 0 spiro atoms. The predicted molar refractivity (Wildman–Crippen MR) is 66.9 cm³/mol. The summed E-state index contributed by atoms with van der Waals surface area (Å²) in [5.41, 5.74) is 1.02. The van der Waals surface area contributed by atoms with E-state index < -0.39 is 0 Å². The number of amides is 1. The summed E-state index contributed by atoms with van der Waals surface area (Å²) in [6.07, 6.45) is 0.341. The molecule has 1 saturated heterocycles. The Hall–Kier alpha value is -1.84. The summed E-state index contributed by atoms with van der Waals surface area (Å²) in [5.74, 6) is -0.611. The summed E-state index contributed by atoms with van der Waals surface area (Å²) in [7, 11) is 0. The average molecular weight is 247 g/mol. The molecule has 2 rings (SSSR count). The van der Waals surface area contributed by atoms with Gasteiger partial charge in [-0.25, -0.2) is 0 Å². The minimum atomic E-state index is -0.287. The molecule has 0 aromatic heterocycles. The summed E-state index contributed by atoms with van der Waals surface area (Å²) in [4.78, 5) is 23.4. The third-order valence-corrected chi connectivity index (χ3v) is 3.23. The van der Waals surface area contributed by atoms with Gasteiger partial charge in [-0.3, -0.25) is 9.59 Å². The van der Waals surface area contributed by atoms with Crippen LogP contribution in [0.1, 0.15) is 24.8 Å². The highest BCUT2D eigenvalue weighted by atomic mass is 16.5. The van der Waals surface area contributed by atoms with Gasteiger partial charge in [-0.1, -0.05) is 30.3 Å². The molecule has 18 heavy (non-hydrogen) atoms. The van der Waals surface area contributed by atoms with Gasteiger partial charge in [0.15, 0.2) is 0 Å². The molecule has 1 aliphatic rings. The molecule has 1 heterocycles. The highest BCUT2D eigenvalue weighted by Crippen LogP contribution is 2.31. The van der Waals surface area contributed by atoms with Crippen molar-refractivity contribution in [1.29, 1.82) is 0 Å². The molecule has 4 heteroatoms. The van der Waals surface area contributed by atoms with Crippen molar-refractivity contribution in [3.63, 3.8) is 0 Å². The van der Waals surface area contributed by atoms with E-state index in [1.165, 1.54) is 0 Å². The fourth-order valence-electron chi connectivity index (χ4n) is 2.33. The zero-order chi connectivity index (χ0) is 13.0. The maximum absolute atomic E-state index is 11.9. The second kappa shape index (κ2) is 5.67. The molecule has 1 aromatic rings. The smallest absolute Gasteiger partial charge is 0.311 e. The minimum Gasteiger partial charge on any atom is -0.466 e. The normalized spacial score (nSPS) is 23.3. The van der Waals surface area contributed by atoms with Gasteiger partial charge in [0.05, 0.1) is 12.5 Å². The molecule has 1 amide bonds. The maximum atomic E-state index is 11.9. The standard InChI is InChI=1S/C14H17NO3/c1-2-18-14(17)12-9-15-13(16)8-11(12)10-6-4-3-5-7-10/h3-7,11-12H,2,8-9H2,1H3,(H,15,16)/t11-,12+/m0/s1. The number of carbonyl (C=O) groups excluding carboxylic acids is 2. The van der Waals surface area contributed by atoms with E-state index in [4.69, 9.17) is 4.74 Å². The van der Waals surface area contributed by atoms with E-state index in [0.717, 1.165) is 5.56 Å². The molecule has 1 aromatic carbocycles.